The van der Waals surface area contributed by atoms with E-state index in [0.29, 0.717) is 16.0 Å². The number of nitrogens with zero attached hydrogens (tertiary/aromatic N) is 1. The Morgan fingerprint density at radius 2 is 2.18 bits per heavy atom. The van der Waals surface area contributed by atoms with Crippen LogP contribution < -0.4 is 10.5 Å². The fourth-order valence-corrected chi connectivity index (χ4v) is 1.55. The van der Waals surface area contributed by atoms with Crippen molar-refractivity contribution >= 4 is 21.7 Å². The van der Waals surface area contributed by atoms with Gasteiger partial charge in [-0.3, -0.25) is 0 Å². The normalized spacial score (nSPS) is 10.2. The highest BCUT2D eigenvalue weighted by Gasteiger charge is 2.03. The molecule has 0 atom stereocenters. The maximum Gasteiger partial charge on any atom is 0.141 e. The Morgan fingerprint density at radius 1 is 1.35 bits per heavy atom. The van der Waals surface area contributed by atoms with E-state index < -0.39 is 0 Å². The number of rotatable bonds is 3. The van der Waals surface area contributed by atoms with Crippen LogP contribution in [0.25, 0.3) is 0 Å². The van der Waals surface area contributed by atoms with Crippen molar-refractivity contribution in [3.8, 4) is 5.75 Å². The van der Waals surface area contributed by atoms with Gasteiger partial charge in [-0.15, -0.1) is 0 Å². The quantitative estimate of drug-likeness (QED) is 0.946. The fourth-order valence-electron chi connectivity index (χ4n) is 1.30. The van der Waals surface area contributed by atoms with E-state index in [1.807, 2.05) is 6.07 Å². The van der Waals surface area contributed by atoms with Crippen molar-refractivity contribution in [3.63, 3.8) is 0 Å². The van der Waals surface area contributed by atoms with E-state index in [4.69, 9.17) is 10.5 Å². The molecule has 0 aliphatic heterocycles. The Labute approximate surface area is 107 Å². The molecule has 2 N–H and O–H groups in total. The van der Waals surface area contributed by atoms with E-state index >= 15 is 0 Å². The summed E-state index contributed by atoms with van der Waals surface area (Å²) in [6, 6.07) is 8.18. The first-order chi connectivity index (χ1) is 8.16. The first-order valence-corrected chi connectivity index (χ1v) is 5.73. The van der Waals surface area contributed by atoms with E-state index in [0.717, 1.165) is 5.56 Å². The Bertz CT molecular complexity index is 534. The predicted molar refractivity (Wildman–Crippen MR) is 67.1 cm³/mol. The Kier molecular flexibility index (Phi) is 3.58. The SMILES string of the molecule is Nc1ncccc1COc1ccc(Br)c(F)c1. The van der Waals surface area contributed by atoms with Crippen LogP contribution in [-0.2, 0) is 6.61 Å². The summed E-state index contributed by atoms with van der Waals surface area (Å²) < 4.78 is 19.1. The smallest absolute Gasteiger partial charge is 0.141 e. The summed E-state index contributed by atoms with van der Waals surface area (Å²) in [4.78, 5) is 3.94. The molecule has 17 heavy (non-hydrogen) atoms. The summed E-state index contributed by atoms with van der Waals surface area (Å²) in [5, 5.41) is 0. The van der Waals surface area contributed by atoms with Crippen LogP contribution >= 0.6 is 15.9 Å². The van der Waals surface area contributed by atoms with Crippen molar-refractivity contribution in [3.05, 3.63) is 52.4 Å². The summed E-state index contributed by atoms with van der Waals surface area (Å²) in [5.74, 6) is 0.515. The number of nitrogen functional groups attached to an aromatic ring is 1. The van der Waals surface area contributed by atoms with Crippen LogP contribution in [0.15, 0.2) is 41.0 Å². The van der Waals surface area contributed by atoms with Crippen molar-refractivity contribution < 1.29 is 9.13 Å². The van der Waals surface area contributed by atoms with Gasteiger partial charge in [0.25, 0.3) is 0 Å². The number of benzene rings is 1. The molecule has 0 bridgehead atoms. The zero-order chi connectivity index (χ0) is 12.3. The maximum atomic E-state index is 13.2. The largest absolute Gasteiger partial charge is 0.489 e. The van der Waals surface area contributed by atoms with Crippen LogP contribution in [-0.4, -0.2) is 4.98 Å². The third-order valence-corrected chi connectivity index (χ3v) is 2.85. The zero-order valence-corrected chi connectivity index (χ0v) is 10.4. The van der Waals surface area contributed by atoms with E-state index in [-0.39, 0.29) is 12.4 Å². The lowest BCUT2D eigenvalue weighted by molar-refractivity contribution is 0.305. The molecule has 0 saturated heterocycles. The average molecular weight is 297 g/mol. The zero-order valence-electron chi connectivity index (χ0n) is 8.86. The number of ether oxygens (including phenoxy) is 1. The number of aromatic nitrogens is 1. The Morgan fingerprint density at radius 3 is 2.88 bits per heavy atom. The molecule has 1 heterocycles. The minimum Gasteiger partial charge on any atom is -0.489 e. The van der Waals surface area contributed by atoms with Gasteiger partial charge in [-0.1, -0.05) is 6.07 Å². The average Bonchev–Trinajstić information content (AvgIpc) is 2.32. The molecule has 0 unspecified atom stereocenters. The van der Waals surface area contributed by atoms with Crippen molar-refractivity contribution in [1.82, 2.24) is 4.98 Å². The fraction of sp³-hybridized carbons (Fsp3) is 0.0833. The van der Waals surface area contributed by atoms with Gasteiger partial charge in [0, 0.05) is 17.8 Å². The number of hydrogen-bond donors (Lipinski definition) is 1. The van der Waals surface area contributed by atoms with Crippen molar-refractivity contribution in [2.75, 3.05) is 5.73 Å². The molecule has 0 aliphatic rings. The number of halogens is 2. The van der Waals surface area contributed by atoms with E-state index in [1.165, 1.54) is 6.07 Å². The molecule has 0 radical (unpaired) electrons. The third kappa shape index (κ3) is 2.94. The van der Waals surface area contributed by atoms with Gasteiger partial charge in [-0.05, 0) is 34.1 Å². The number of hydrogen-bond acceptors (Lipinski definition) is 3. The second-order valence-corrected chi connectivity index (χ2v) is 4.27. The predicted octanol–water partition coefficient (Wildman–Crippen LogP) is 3.14. The first kappa shape index (κ1) is 11.9. The summed E-state index contributed by atoms with van der Waals surface area (Å²) in [6.07, 6.45) is 1.61. The Hall–Kier alpha value is -1.62. The highest BCUT2D eigenvalue weighted by molar-refractivity contribution is 9.10. The van der Waals surface area contributed by atoms with Crippen molar-refractivity contribution in [2.24, 2.45) is 0 Å². The van der Waals surface area contributed by atoms with Gasteiger partial charge in [0.15, 0.2) is 0 Å². The monoisotopic (exact) mass is 296 g/mol. The first-order valence-electron chi connectivity index (χ1n) is 4.94. The topological polar surface area (TPSA) is 48.1 Å². The van der Waals surface area contributed by atoms with Crippen LogP contribution in [0.3, 0.4) is 0 Å². The molecule has 5 heteroatoms. The van der Waals surface area contributed by atoms with Gasteiger partial charge in [0.2, 0.25) is 0 Å². The minimum atomic E-state index is -0.360. The van der Waals surface area contributed by atoms with Gasteiger partial charge < -0.3 is 10.5 Å². The molecular formula is C12H10BrFN2O. The van der Waals surface area contributed by atoms with Gasteiger partial charge >= 0.3 is 0 Å². The lowest BCUT2D eigenvalue weighted by Gasteiger charge is -2.08. The number of pyridine rings is 1. The third-order valence-electron chi connectivity index (χ3n) is 2.21. The number of nitrogens with two attached hydrogens (primary N) is 1. The highest BCUT2D eigenvalue weighted by Crippen LogP contribution is 2.22. The molecule has 2 aromatic rings. The Balaban J connectivity index is 2.08. The van der Waals surface area contributed by atoms with Crippen LogP contribution in [0, 0.1) is 5.82 Å². The maximum absolute atomic E-state index is 13.2. The van der Waals surface area contributed by atoms with Gasteiger partial charge in [0.1, 0.15) is 24.0 Å². The molecule has 2 rings (SSSR count). The molecular weight excluding hydrogens is 287 g/mol. The number of anilines is 1. The van der Waals surface area contributed by atoms with Crippen LogP contribution in [0.5, 0.6) is 5.75 Å². The minimum absolute atomic E-state index is 0.265. The molecule has 1 aromatic carbocycles. The molecule has 88 valence electrons. The summed E-state index contributed by atoms with van der Waals surface area (Å²) >= 11 is 3.08. The molecule has 0 saturated carbocycles. The van der Waals surface area contributed by atoms with Crippen molar-refractivity contribution in [2.45, 2.75) is 6.61 Å². The molecule has 0 aliphatic carbocycles. The van der Waals surface area contributed by atoms with Gasteiger partial charge in [-0.25, -0.2) is 9.37 Å². The molecule has 0 spiro atoms. The standard InChI is InChI=1S/C12H10BrFN2O/c13-10-4-3-9(6-11(10)14)17-7-8-2-1-5-16-12(8)15/h1-6H,7H2,(H2,15,16). The molecule has 0 fully saturated rings. The lowest BCUT2D eigenvalue weighted by atomic mass is 10.3. The summed E-state index contributed by atoms with van der Waals surface area (Å²) in [7, 11) is 0. The highest BCUT2D eigenvalue weighted by atomic mass is 79.9. The van der Waals surface area contributed by atoms with Crippen LogP contribution in [0.2, 0.25) is 0 Å². The summed E-state index contributed by atoms with van der Waals surface area (Å²) in [5.41, 5.74) is 6.44. The lowest BCUT2D eigenvalue weighted by Crippen LogP contribution is -2.01. The van der Waals surface area contributed by atoms with E-state index in [1.54, 1.807) is 24.4 Å². The van der Waals surface area contributed by atoms with E-state index in [2.05, 4.69) is 20.9 Å². The summed E-state index contributed by atoms with van der Waals surface area (Å²) in [6.45, 7) is 0.265. The molecule has 0 amide bonds. The van der Waals surface area contributed by atoms with Crippen LogP contribution in [0.4, 0.5) is 10.2 Å². The van der Waals surface area contributed by atoms with E-state index in [9.17, 15) is 4.39 Å². The van der Waals surface area contributed by atoms with Crippen LogP contribution in [0.1, 0.15) is 5.56 Å². The van der Waals surface area contributed by atoms with Gasteiger partial charge in [-0.2, -0.15) is 0 Å². The molecule has 3 nitrogen and oxygen atoms in total. The van der Waals surface area contributed by atoms with Crippen molar-refractivity contribution in [1.29, 1.82) is 0 Å². The second-order valence-electron chi connectivity index (χ2n) is 3.41. The second kappa shape index (κ2) is 5.14. The molecule has 1 aromatic heterocycles. The van der Waals surface area contributed by atoms with Gasteiger partial charge in [0.05, 0.1) is 4.47 Å².